The molecule has 0 aliphatic heterocycles. The standard InChI is InChI=1S/C27H44O2.C19H22O.C14H26O/c1-4-8-23(5-2)25-13-15-27(16-14-25)29-18-17-28-21(3)19-22-11-12-24-9-6-7-10-26(24)20-22;1-3-20-14(2)13-19-17-10-6-4-5-9-15(17)16-11-7-8-12-18(16)19;1-3-8-15-11(2)9-14-10-12-4-6-13(14)7-5-12/h13-16,21-24,26H,4-12,17-20H2,1-3H3;4-5,7-12,14,19H,3,6,13H2,1-2H3;11-14H,3-10H2,1-2H3. The fourth-order valence-corrected chi connectivity index (χ4v) is 12.9. The van der Waals surface area contributed by atoms with E-state index in [4.69, 9.17) is 18.9 Å². The maximum absolute atomic E-state index is 6.09. The van der Waals surface area contributed by atoms with Gasteiger partial charge in [-0.2, -0.15) is 0 Å². The lowest BCUT2D eigenvalue weighted by molar-refractivity contribution is 0.0123. The van der Waals surface area contributed by atoms with Crippen LogP contribution in [-0.4, -0.2) is 44.7 Å². The summed E-state index contributed by atoms with van der Waals surface area (Å²) < 4.78 is 23.6. The van der Waals surface area contributed by atoms with Gasteiger partial charge in [0.1, 0.15) is 12.4 Å². The van der Waals surface area contributed by atoms with Crippen LogP contribution in [0.15, 0.2) is 78.4 Å². The molecule has 4 nitrogen and oxygen atoms in total. The fourth-order valence-electron chi connectivity index (χ4n) is 12.9. The van der Waals surface area contributed by atoms with Crippen LogP contribution in [0, 0.1) is 35.5 Å². The Labute approximate surface area is 392 Å². The number of ether oxygens (including phenoxy) is 4. The number of fused-ring (bicyclic) bond motifs is 7. The SMILES string of the molecule is CCCC(CC)c1ccc(OCCOC(C)CC2CCC3CCCCC3C2)cc1.CCCOC(C)CC1CC2CCC1CC2.CCOC(C)CC1C2=CCC=CC=C2c2ccccc21. The van der Waals surface area contributed by atoms with Crippen molar-refractivity contribution in [2.75, 3.05) is 26.4 Å². The predicted octanol–water partition coefficient (Wildman–Crippen LogP) is 16.6. The summed E-state index contributed by atoms with van der Waals surface area (Å²) >= 11 is 0. The fraction of sp³-hybridized carbons (Fsp3) is 0.700. The van der Waals surface area contributed by atoms with Gasteiger partial charge in [0.05, 0.1) is 24.9 Å². The first kappa shape index (κ1) is 50.7. The number of allylic oxidation sites excluding steroid dienone is 6. The molecule has 9 atom stereocenters. The van der Waals surface area contributed by atoms with Crippen LogP contribution in [0.5, 0.6) is 5.75 Å². The molecule has 64 heavy (non-hydrogen) atoms. The summed E-state index contributed by atoms with van der Waals surface area (Å²) in [6, 6.07) is 17.5. The highest BCUT2D eigenvalue weighted by Gasteiger charge is 2.36. The molecule has 0 heterocycles. The van der Waals surface area contributed by atoms with Crippen LogP contribution in [0.3, 0.4) is 0 Å². The number of rotatable bonds is 20. The van der Waals surface area contributed by atoms with Crippen molar-refractivity contribution in [1.82, 2.24) is 0 Å². The van der Waals surface area contributed by atoms with Crippen LogP contribution in [0.2, 0.25) is 0 Å². The largest absolute Gasteiger partial charge is 0.491 e. The van der Waals surface area contributed by atoms with Crippen molar-refractivity contribution in [2.24, 2.45) is 35.5 Å². The van der Waals surface area contributed by atoms with Crippen LogP contribution in [0.4, 0.5) is 0 Å². The zero-order chi connectivity index (χ0) is 45.1. The van der Waals surface area contributed by atoms with Crippen molar-refractivity contribution >= 4 is 5.57 Å². The molecule has 4 heteroatoms. The van der Waals surface area contributed by atoms with Crippen molar-refractivity contribution in [3.8, 4) is 5.75 Å². The highest BCUT2D eigenvalue weighted by molar-refractivity contribution is 5.89. The van der Waals surface area contributed by atoms with Gasteiger partial charge in [-0.25, -0.2) is 0 Å². The summed E-state index contributed by atoms with van der Waals surface area (Å²) in [5, 5.41) is 0. The molecule has 356 valence electrons. The Bertz CT molecular complexity index is 1700. The first-order valence-electron chi connectivity index (χ1n) is 27.0. The van der Waals surface area contributed by atoms with Gasteiger partial charge in [0, 0.05) is 19.1 Å². The van der Waals surface area contributed by atoms with Crippen molar-refractivity contribution in [3.63, 3.8) is 0 Å². The Morgan fingerprint density at radius 3 is 2.08 bits per heavy atom. The first-order valence-corrected chi connectivity index (χ1v) is 27.0. The molecule has 5 fully saturated rings. The molecular formula is C60H92O4. The van der Waals surface area contributed by atoms with E-state index in [0.29, 0.717) is 43.4 Å². The van der Waals surface area contributed by atoms with Crippen LogP contribution < -0.4 is 4.74 Å². The van der Waals surface area contributed by atoms with Crippen molar-refractivity contribution in [3.05, 3.63) is 95.1 Å². The van der Waals surface area contributed by atoms with E-state index in [1.54, 1.807) is 0 Å². The minimum atomic E-state index is 0.300. The van der Waals surface area contributed by atoms with E-state index in [-0.39, 0.29) is 0 Å². The second kappa shape index (κ2) is 27.2. The zero-order valence-electron chi connectivity index (χ0n) is 41.9. The molecule has 7 aliphatic rings. The minimum absolute atomic E-state index is 0.300. The Hall–Kier alpha value is -2.66. The third-order valence-corrected chi connectivity index (χ3v) is 16.2. The molecule has 0 aromatic heterocycles. The van der Waals surface area contributed by atoms with E-state index in [2.05, 4.69) is 121 Å². The van der Waals surface area contributed by atoms with Gasteiger partial charge in [-0.1, -0.05) is 133 Å². The molecular weight excluding hydrogens is 785 g/mol. The monoisotopic (exact) mass is 877 g/mol. The van der Waals surface area contributed by atoms with Gasteiger partial charge in [0.15, 0.2) is 0 Å². The van der Waals surface area contributed by atoms with Gasteiger partial charge in [0.25, 0.3) is 0 Å². The summed E-state index contributed by atoms with van der Waals surface area (Å²) in [7, 11) is 0. The summed E-state index contributed by atoms with van der Waals surface area (Å²) in [4.78, 5) is 0. The molecule has 0 radical (unpaired) electrons. The van der Waals surface area contributed by atoms with Gasteiger partial charge in [-0.3, -0.25) is 0 Å². The summed E-state index contributed by atoms with van der Waals surface area (Å²) in [6.07, 6.45) is 37.6. The van der Waals surface area contributed by atoms with Crippen molar-refractivity contribution in [2.45, 2.75) is 207 Å². The third-order valence-electron chi connectivity index (χ3n) is 16.2. The van der Waals surface area contributed by atoms with E-state index in [9.17, 15) is 0 Å². The lowest BCUT2D eigenvalue weighted by Gasteiger charge is -2.43. The van der Waals surface area contributed by atoms with Crippen LogP contribution in [-0.2, 0) is 14.2 Å². The van der Waals surface area contributed by atoms with Gasteiger partial charge in [-0.05, 0) is 186 Å². The normalized spacial score (nSPS) is 27.4. The molecule has 0 saturated heterocycles. The topological polar surface area (TPSA) is 36.9 Å². The van der Waals surface area contributed by atoms with Gasteiger partial charge in [0.2, 0.25) is 0 Å². The lowest BCUT2D eigenvalue weighted by atomic mass is 9.63. The maximum Gasteiger partial charge on any atom is 0.119 e. The highest BCUT2D eigenvalue weighted by Crippen LogP contribution is 2.49. The second-order valence-corrected chi connectivity index (χ2v) is 21.0. The molecule has 2 bridgehead atoms. The minimum Gasteiger partial charge on any atom is -0.491 e. The molecule has 2 aromatic carbocycles. The third kappa shape index (κ3) is 15.2. The Morgan fingerprint density at radius 2 is 1.36 bits per heavy atom. The smallest absolute Gasteiger partial charge is 0.119 e. The Kier molecular flexibility index (Phi) is 21.6. The quantitative estimate of drug-likeness (QED) is 0.124. The summed E-state index contributed by atoms with van der Waals surface area (Å²) in [5.41, 5.74) is 7.20. The van der Waals surface area contributed by atoms with E-state index < -0.39 is 0 Å². The average molecular weight is 877 g/mol. The molecule has 9 rings (SSSR count). The molecule has 0 amide bonds. The van der Waals surface area contributed by atoms with Gasteiger partial charge < -0.3 is 18.9 Å². The van der Waals surface area contributed by atoms with Gasteiger partial charge in [-0.15, -0.1) is 0 Å². The van der Waals surface area contributed by atoms with Crippen LogP contribution in [0.25, 0.3) is 5.57 Å². The number of hydrogen-bond donors (Lipinski definition) is 0. The van der Waals surface area contributed by atoms with Crippen molar-refractivity contribution < 1.29 is 18.9 Å². The zero-order valence-corrected chi connectivity index (χ0v) is 41.9. The van der Waals surface area contributed by atoms with E-state index in [1.165, 1.54) is 137 Å². The highest BCUT2D eigenvalue weighted by atomic mass is 16.5. The predicted molar refractivity (Wildman–Crippen MR) is 271 cm³/mol. The number of benzene rings is 2. The Morgan fingerprint density at radius 1 is 0.641 bits per heavy atom. The molecule has 0 spiro atoms. The molecule has 9 unspecified atom stereocenters. The first-order chi connectivity index (χ1) is 31.3. The van der Waals surface area contributed by atoms with Gasteiger partial charge >= 0.3 is 0 Å². The number of hydrogen-bond acceptors (Lipinski definition) is 4. The summed E-state index contributed by atoms with van der Waals surface area (Å²) in [6.45, 7) is 18.6. The maximum atomic E-state index is 6.09. The molecule has 0 N–H and O–H groups in total. The van der Waals surface area contributed by atoms with E-state index >= 15 is 0 Å². The lowest BCUT2D eigenvalue weighted by Crippen LogP contribution is -2.33. The average Bonchev–Trinajstić information content (AvgIpc) is 3.43. The van der Waals surface area contributed by atoms with Crippen LogP contribution >= 0.6 is 0 Å². The van der Waals surface area contributed by atoms with Crippen LogP contribution in [0.1, 0.15) is 205 Å². The molecule has 2 aromatic rings. The Balaban J connectivity index is 0.000000169. The summed E-state index contributed by atoms with van der Waals surface area (Å²) in [5.74, 6) is 8.18. The second-order valence-electron chi connectivity index (χ2n) is 21.0. The van der Waals surface area contributed by atoms with Crippen molar-refractivity contribution in [1.29, 1.82) is 0 Å². The molecule has 5 saturated carbocycles. The molecule has 7 aliphatic carbocycles. The van der Waals surface area contributed by atoms with E-state index in [0.717, 1.165) is 73.7 Å². The van der Waals surface area contributed by atoms with E-state index in [1.807, 2.05) is 0 Å².